The molecule has 10 heavy (non-hydrogen) atoms. The highest BCUT2D eigenvalue weighted by molar-refractivity contribution is 4.88. The molecule has 0 aliphatic heterocycles. The first-order valence-corrected chi connectivity index (χ1v) is 4.49. The van der Waals surface area contributed by atoms with Crippen LogP contribution < -0.4 is 0 Å². The van der Waals surface area contributed by atoms with E-state index in [2.05, 4.69) is 34.1 Å². The lowest BCUT2D eigenvalue weighted by Crippen LogP contribution is -2.17. The molecule has 0 fully saturated rings. The van der Waals surface area contributed by atoms with Gasteiger partial charge in [0.15, 0.2) is 0 Å². The Balaban J connectivity index is 3.87. The lowest BCUT2D eigenvalue weighted by molar-refractivity contribution is 0.300. The summed E-state index contributed by atoms with van der Waals surface area (Å²) in [4.78, 5) is 0. The maximum absolute atomic E-state index is 3.55. The van der Waals surface area contributed by atoms with E-state index < -0.39 is 0 Å². The van der Waals surface area contributed by atoms with Crippen molar-refractivity contribution in [1.29, 1.82) is 0 Å². The maximum Gasteiger partial charge on any atom is -0.0109 e. The maximum atomic E-state index is 3.55. The van der Waals surface area contributed by atoms with Gasteiger partial charge in [-0.1, -0.05) is 27.7 Å². The van der Waals surface area contributed by atoms with E-state index in [0.29, 0.717) is 5.41 Å². The summed E-state index contributed by atoms with van der Waals surface area (Å²) in [5.74, 6) is 0. The van der Waals surface area contributed by atoms with Crippen molar-refractivity contribution in [1.82, 2.24) is 0 Å². The summed E-state index contributed by atoms with van der Waals surface area (Å²) in [6.45, 7) is 8.96. The highest BCUT2D eigenvalue weighted by Crippen LogP contribution is 2.34. The van der Waals surface area contributed by atoms with Gasteiger partial charge in [-0.3, -0.25) is 0 Å². The van der Waals surface area contributed by atoms with Gasteiger partial charge < -0.3 is 0 Å². The van der Waals surface area contributed by atoms with E-state index in [9.17, 15) is 0 Å². The van der Waals surface area contributed by atoms with Gasteiger partial charge in [-0.25, -0.2) is 0 Å². The zero-order valence-corrected chi connectivity index (χ0v) is 7.83. The van der Waals surface area contributed by atoms with Crippen molar-refractivity contribution in [3.8, 4) is 0 Å². The van der Waals surface area contributed by atoms with E-state index in [1.54, 1.807) is 0 Å². The van der Waals surface area contributed by atoms with Gasteiger partial charge in [0.1, 0.15) is 0 Å². The molecule has 0 amide bonds. The van der Waals surface area contributed by atoms with Crippen LogP contribution in [-0.2, 0) is 0 Å². The molecule has 0 unspecified atom stereocenters. The van der Waals surface area contributed by atoms with Crippen LogP contribution in [-0.4, -0.2) is 0 Å². The second-order valence-corrected chi connectivity index (χ2v) is 2.87. The van der Waals surface area contributed by atoms with E-state index in [1.807, 2.05) is 0 Å². The van der Waals surface area contributed by atoms with Crippen molar-refractivity contribution in [3.05, 3.63) is 6.42 Å². The number of hydrogen-bond acceptors (Lipinski definition) is 0. The fourth-order valence-electron chi connectivity index (χ4n) is 1.50. The normalized spacial score (nSPS) is 12.0. The predicted octanol–water partition coefficient (Wildman–Crippen LogP) is 3.69. The van der Waals surface area contributed by atoms with Crippen LogP contribution in [0.15, 0.2) is 0 Å². The van der Waals surface area contributed by atoms with Gasteiger partial charge in [0.25, 0.3) is 0 Å². The largest absolute Gasteiger partial charge is 0.0648 e. The number of hydrogen-bond donors (Lipinski definition) is 0. The lowest BCUT2D eigenvalue weighted by Gasteiger charge is -2.28. The van der Waals surface area contributed by atoms with Gasteiger partial charge in [0, 0.05) is 0 Å². The van der Waals surface area contributed by atoms with E-state index in [4.69, 9.17) is 0 Å². The lowest BCUT2D eigenvalue weighted by atomic mass is 9.76. The Labute approximate surface area is 66.0 Å². The standard InChI is InChI=1S/C10H20/c1-5-9-10(6-2,7-3)8-4/h5-8H2,1-4H3. The highest BCUT2D eigenvalue weighted by Gasteiger charge is 2.22. The summed E-state index contributed by atoms with van der Waals surface area (Å²) in [6.07, 6.45) is 8.37. The molecule has 0 aromatic rings. The van der Waals surface area contributed by atoms with Crippen molar-refractivity contribution in [2.24, 2.45) is 5.41 Å². The summed E-state index contributed by atoms with van der Waals surface area (Å²) < 4.78 is 0. The van der Waals surface area contributed by atoms with Crippen LogP contribution in [0.2, 0.25) is 0 Å². The summed E-state index contributed by atoms with van der Waals surface area (Å²) >= 11 is 0. The van der Waals surface area contributed by atoms with Crippen molar-refractivity contribution < 1.29 is 0 Å². The summed E-state index contributed by atoms with van der Waals surface area (Å²) in [6, 6.07) is 0. The second-order valence-electron chi connectivity index (χ2n) is 2.87. The summed E-state index contributed by atoms with van der Waals surface area (Å²) in [5, 5.41) is 0. The molecule has 0 bridgehead atoms. The van der Waals surface area contributed by atoms with Gasteiger partial charge in [0.2, 0.25) is 0 Å². The Kier molecular flexibility index (Phi) is 4.76. The first-order valence-electron chi connectivity index (χ1n) is 4.49. The monoisotopic (exact) mass is 140 g/mol. The van der Waals surface area contributed by atoms with E-state index >= 15 is 0 Å². The molecule has 0 spiro atoms. The van der Waals surface area contributed by atoms with Crippen molar-refractivity contribution >= 4 is 0 Å². The Bertz CT molecular complexity index is 61.8. The van der Waals surface area contributed by atoms with Crippen LogP contribution in [0.1, 0.15) is 53.4 Å². The van der Waals surface area contributed by atoms with Crippen LogP contribution in [0.5, 0.6) is 0 Å². The summed E-state index contributed by atoms with van der Waals surface area (Å²) in [7, 11) is 0. The topological polar surface area (TPSA) is 0 Å². The Hall–Kier alpha value is 0. The molecule has 0 aromatic carbocycles. The molecular formula is C10H20. The van der Waals surface area contributed by atoms with E-state index in [0.717, 1.165) is 6.42 Å². The molecule has 2 radical (unpaired) electrons. The average molecular weight is 140 g/mol. The molecule has 0 aliphatic carbocycles. The summed E-state index contributed by atoms with van der Waals surface area (Å²) in [5.41, 5.74) is 0.425. The minimum atomic E-state index is 0.425. The molecule has 0 aliphatic rings. The Morgan fingerprint density at radius 3 is 1.40 bits per heavy atom. The highest BCUT2D eigenvalue weighted by atomic mass is 14.3. The molecule has 0 saturated heterocycles. The third kappa shape index (κ3) is 2.32. The van der Waals surface area contributed by atoms with Crippen molar-refractivity contribution in [2.75, 3.05) is 0 Å². The second kappa shape index (κ2) is 4.76. The minimum Gasteiger partial charge on any atom is -0.0648 e. The molecule has 0 aromatic heterocycles. The van der Waals surface area contributed by atoms with Crippen molar-refractivity contribution in [3.63, 3.8) is 0 Å². The van der Waals surface area contributed by atoms with E-state index in [1.165, 1.54) is 19.3 Å². The quantitative estimate of drug-likeness (QED) is 0.546. The molecular weight excluding hydrogens is 120 g/mol. The van der Waals surface area contributed by atoms with E-state index in [-0.39, 0.29) is 0 Å². The number of rotatable bonds is 5. The van der Waals surface area contributed by atoms with Crippen LogP contribution in [0.25, 0.3) is 0 Å². The third-order valence-corrected chi connectivity index (χ3v) is 2.58. The van der Waals surface area contributed by atoms with Gasteiger partial charge in [-0.2, -0.15) is 0 Å². The zero-order chi connectivity index (χ0) is 8.04. The Morgan fingerprint density at radius 2 is 1.30 bits per heavy atom. The zero-order valence-electron chi connectivity index (χ0n) is 7.83. The van der Waals surface area contributed by atoms with Crippen molar-refractivity contribution in [2.45, 2.75) is 53.4 Å². The Morgan fingerprint density at radius 1 is 0.900 bits per heavy atom. The average Bonchev–Trinajstić information content (AvgIpc) is 2.01. The molecule has 0 atom stereocenters. The van der Waals surface area contributed by atoms with Crippen LogP contribution in [0.3, 0.4) is 0 Å². The third-order valence-electron chi connectivity index (χ3n) is 2.58. The minimum absolute atomic E-state index is 0.425. The fraction of sp³-hybridized carbons (Fsp3) is 0.900. The van der Waals surface area contributed by atoms with Crippen LogP contribution >= 0.6 is 0 Å². The molecule has 0 heterocycles. The first kappa shape index (κ1) is 10.0. The smallest absolute Gasteiger partial charge is 0.0109 e. The van der Waals surface area contributed by atoms with Gasteiger partial charge in [-0.15, -0.1) is 0 Å². The van der Waals surface area contributed by atoms with Gasteiger partial charge >= 0.3 is 0 Å². The fourth-order valence-corrected chi connectivity index (χ4v) is 1.50. The van der Waals surface area contributed by atoms with Crippen LogP contribution in [0, 0.1) is 11.8 Å². The SMILES string of the molecule is CC[C]C(CC)(CC)CC. The first-order chi connectivity index (χ1) is 4.74. The predicted molar refractivity (Wildman–Crippen MR) is 46.8 cm³/mol. The molecule has 0 nitrogen and oxygen atoms in total. The van der Waals surface area contributed by atoms with Gasteiger partial charge in [-0.05, 0) is 37.5 Å². The van der Waals surface area contributed by atoms with Crippen LogP contribution in [0.4, 0.5) is 0 Å². The molecule has 0 N–H and O–H groups in total. The molecule has 0 saturated carbocycles. The molecule has 0 rings (SSSR count). The van der Waals surface area contributed by atoms with Gasteiger partial charge in [0.05, 0.1) is 0 Å². The molecule has 60 valence electrons. The molecule has 0 heteroatoms.